The second-order valence-electron chi connectivity index (χ2n) is 3.52. The van der Waals surface area contributed by atoms with Crippen molar-refractivity contribution in [3.05, 3.63) is 24.5 Å². The third-order valence-electron chi connectivity index (χ3n) is 2.13. The highest BCUT2D eigenvalue weighted by atomic mass is 35.5. The first-order valence-corrected chi connectivity index (χ1v) is 5.25. The molecule has 0 saturated carbocycles. The van der Waals surface area contributed by atoms with E-state index in [1.165, 1.54) is 0 Å². The standard InChI is InChI=1S/C9H12ClN5/c1-7(2)15-5-8(4-12-15)14-6-11-13-9(14)3-10/h4-7H,3H2,1-2H3. The molecule has 0 bridgehead atoms. The van der Waals surface area contributed by atoms with Crippen LogP contribution in [0.1, 0.15) is 25.7 Å². The summed E-state index contributed by atoms with van der Waals surface area (Å²) in [7, 11) is 0. The van der Waals surface area contributed by atoms with E-state index in [0.717, 1.165) is 11.5 Å². The minimum atomic E-state index is 0.340. The predicted molar refractivity (Wildman–Crippen MR) is 57.1 cm³/mol. The fourth-order valence-corrected chi connectivity index (χ4v) is 1.48. The Morgan fingerprint density at radius 2 is 2.27 bits per heavy atom. The number of rotatable bonds is 3. The van der Waals surface area contributed by atoms with Crippen molar-refractivity contribution in [1.82, 2.24) is 24.5 Å². The fraction of sp³-hybridized carbons (Fsp3) is 0.444. The van der Waals surface area contributed by atoms with Crippen molar-refractivity contribution in [3.8, 4) is 5.69 Å². The molecule has 2 rings (SSSR count). The molecule has 0 unspecified atom stereocenters. The van der Waals surface area contributed by atoms with Gasteiger partial charge in [-0.2, -0.15) is 5.10 Å². The van der Waals surface area contributed by atoms with Crippen molar-refractivity contribution in [1.29, 1.82) is 0 Å². The maximum Gasteiger partial charge on any atom is 0.152 e. The van der Waals surface area contributed by atoms with Crippen LogP contribution in [0.4, 0.5) is 0 Å². The summed E-state index contributed by atoms with van der Waals surface area (Å²) in [5.41, 5.74) is 0.935. The van der Waals surface area contributed by atoms with Crippen LogP contribution in [0.3, 0.4) is 0 Å². The summed E-state index contributed by atoms with van der Waals surface area (Å²) in [6.45, 7) is 4.15. The topological polar surface area (TPSA) is 48.5 Å². The van der Waals surface area contributed by atoms with E-state index >= 15 is 0 Å². The van der Waals surface area contributed by atoms with Gasteiger partial charge in [-0.15, -0.1) is 21.8 Å². The van der Waals surface area contributed by atoms with E-state index in [9.17, 15) is 0 Å². The predicted octanol–water partition coefficient (Wildman–Crippen LogP) is 1.78. The Hall–Kier alpha value is -1.36. The minimum Gasteiger partial charge on any atom is -0.281 e. The molecule has 2 aromatic rings. The molecule has 6 heteroatoms. The van der Waals surface area contributed by atoms with Crippen LogP contribution in [0, 0.1) is 0 Å². The maximum absolute atomic E-state index is 5.74. The minimum absolute atomic E-state index is 0.340. The van der Waals surface area contributed by atoms with Crippen molar-refractivity contribution in [2.45, 2.75) is 25.8 Å². The lowest BCUT2D eigenvalue weighted by molar-refractivity contribution is 0.532. The molecule has 0 saturated heterocycles. The average molecular weight is 226 g/mol. The SMILES string of the molecule is CC(C)n1cc(-n2cnnc2CCl)cn1. The zero-order valence-corrected chi connectivity index (χ0v) is 9.39. The number of nitrogens with zero attached hydrogens (tertiary/aromatic N) is 5. The summed E-state index contributed by atoms with van der Waals surface area (Å²) in [6, 6.07) is 0.342. The lowest BCUT2D eigenvalue weighted by atomic mass is 10.4. The van der Waals surface area contributed by atoms with Gasteiger partial charge in [-0.3, -0.25) is 9.25 Å². The van der Waals surface area contributed by atoms with Gasteiger partial charge in [-0.25, -0.2) is 0 Å². The van der Waals surface area contributed by atoms with Gasteiger partial charge in [0.05, 0.1) is 17.8 Å². The van der Waals surface area contributed by atoms with Gasteiger partial charge in [0.25, 0.3) is 0 Å². The van der Waals surface area contributed by atoms with Gasteiger partial charge < -0.3 is 0 Å². The van der Waals surface area contributed by atoms with Crippen LogP contribution in [-0.4, -0.2) is 24.5 Å². The summed E-state index contributed by atoms with van der Waals surface area (Å²) in [5, 5.41) is 12.0. The average Bonchev–Trinajstić information content (AvgIpc) is 2.85. The zero-order valence-electron chi connectivity index (χ0n) is 8.63. The van der Waals surface area contributed by atoms with E-state index in [2.05, 4.69) is 29.1 Å². The van der Waals surface area contributed by atoms with Gasteiger partial charge in [0.15, 0.2) is 5.82 Å². The Kier molecular flexibility index (Phi) is 2.73. The first kappa shape index (κ1) is 10.2. The Morgan fingerprint density at radius 3 is 2.87 bits per heavy atom. The van der Waals surface area contributed by atoms with Crippen LogP contribution >= 0.6 is 11.6 Å². The monoisotopic (exact) mass is 225 g/mol. The normalized spacial score (nSPS) is 11.2. The van der Waals surface area contributed by atoms with Crippen molar-refractivity contribution in [2.75, 3.05) is 0 Å². The molecule has 0 radical (unpaired) electrons. The van der Waals surface area contributed by atoms with Gasteiger partial charge in [0.2, 0.25) is 0 Å². The van der Waals surface area contributed by atoms with Crippen molar-refractivity contribution < 1.29 is 0 Å². The van der Waals surface area contributed by atoms with E-state index in [4.69, 9.17) is 11.6 Å². The Morgan fingerprint density at radius 1 is 1.47 bits per heavy atom. The number of halogens is 1. The molecular weight excluding hydrogens is 214 g/mol. The summed E-state index contributed by atoms with van der Waals surface area (Å²) < 4.78 is 3.71. The van der Waals surface area contributed by atoms with Crippen LogP contribution in [-0.2, 0) is 5.88 Å². The largest absolute Gasteiger partial charge is 0.281 e. The van der Waals surface area contributed by atoms with Crippen molar-refractivity contribution >= 4 is 11.6 Å². The van der Waals surface area contributed by atoms with Crippen LogP contribution < -0.4 is 0 Å². The maximum atomic E-state index is 5.74. The van der Waals surface area contributed by atoms with Crippen molar-refractivity contribution in [3.63, 3.8) is 0 Å². The molecule has 0 spiro atoms. The van der Waals surface area contributed by atoms with Gasteiger partial charge in [-0.1, -0.05) is 0 Å². The van der Waals surface area contributed by atoms with E-state index < -0.39 is 0 Å². The van der Waals surface area contributed by atoms with E-state index in [0.29, 0.717) is 11.9 Å². The third-order valence-corrected chi connectivity index (χ3v) is 2.37. The number of hydrogen-bond acceptors (Lipinski definition) is 3. The molecular formula is C9H12ClN5. The zero-order chi connectivity index (χ0) is 10.8. The molecule has 0 aliphatic heterocycles. The number of aromatic nitrogens is 5. The molecule has 80 valence electrons. The third kappa shape index (κ3) is 1.87. The Bertz CT molecular complexity index is 445. The highest BCUT2D eigenvalue weighted by Crippen LogP contribution is 2.12. The van der Waals surface area contributed by atoms with Crippen molar-refractivity contribution in [2.24, 2.45) is 0 Å². The molecule has 0 fully saturated rings. The van der Waals surface area contributed by atoms with Gasteiger partial charge in [0.1, 0.15) is 6.33 Å². The quantitative estimate of drug-likeness (QED) is 0.749. The smallest absolute Gasteiger partial charge is 0.152 e. The number of alkyl halides is 1. The second kappa shape index (κ2) is 4.02. The van der Waals surface area contributed by atoms with E-state index in [1.54, 1.807) is 12.5 Å². The molecule has 0 atom stereocenters. The highest BCUT2D eigenvalue weighted by Gasteiger charge is 2.08. The van der Waals surface area contributed by atoms with Crippen LogP contribution in [0.5, 0.6) is 0 Å². The lowest BCUT2D eigenvalue weighted by Gasteiger charge is -2.03. The molecule has 0 aromatic carbocycles. The van der Waals surface area contributed by atoms with Crippen LogP contribution in [0.25, 0.3) is 5.69 Å². The fourth-order valence-electron chi connectivity index (χ4n) is 1.30. The van der Waals surface area contributed by atoms with Gasteiger partial charge in [-0.05, 0) is 13.8 Å². The second-order valence-corrected chi connectivity index (χ2v) is 3.79. The highest BCUT2D eigenvalue weighted by molar-refractivity contribution is 6.16. The Balaban J connectivity index is 2.37. The summed E-state index contributed by atoms with van der Waals surface area (Å²) >= 11 is 5.74. The molecule has 15 heavy (non-hydrogen) atoms. The molecule has 0 amide bonds. The molecule has 2 aromatic heterocycles. The van der Waals surface area contributed by atoms with E-state index in [-0.39, 0.29) is 0 Å². The number of hydrogen-bond donors (Lipinski definition) is 0. The molecule has 0 aliphatic rings. The summed E-state index contributed by atoms with van der Waals surface area (Å²) in [6.07, 6.45) is 5.36. The molecule has 5 nitrogen and oxygen atoms in total. The summed E-state index contributed by atoms with van der Waals surface area (Å²) in [5.74, 6) is 1.06. The van der Waals surface area contributed by atoms with Gasteiger partial charge >= 0.3 is 0 Å². The molecule has 0 N–H and O–H groups in total. The van der Waals surface area contributed by atoms with Gasteiger partial charge in [0, 0.05) is 12.2 Å². The van der Waals surface area contributed by atoms with E-state index in [1.807, 2.05) is 15.4 Å². The van der Waals surface area contributed by atoms with Crippen LogP contribution in [0.15, 0.2) is 18.7 Å². The van der Waals surface area contributed by atoms with Crippen LogP contribution in [0.2, 0.25) is 0 Å². The first-order valence-electron chi connectivity index (χ1n) is 4.71. The summed E-state index contributed by atoms with van der Waals surface area (Å²) in [4.78, 5) is 0. The lowest BCUT2D eigenvalue weighted by Crippen LogP contribution is -2.00. The first-order chi connectivity index (χ1) is 7.22. The molecule has 2 heterocycles. The molecule has 0 aliphatic carbocycles. The Labute approximate surface area is 92.7 Å².